The van der Waals surface area contributed by atoms with E-state index in [-0.39, 0.29) is 5.22 Å². The van der Waals surface area contributed by atoms with E-state index < -0.39 is 5.97 Å². The van der Waals surface area contributed by atoms with E-state index in [1.54, 1.807) is 6.92 Å². The maximum atomic E-state index is 10.1. The van der Waals surface area contributed by atoms with Crippen LogP contribution in [0.1, 0.15) is 13.8 Å². The Balaban J connectivity index is 3.56. The number of halogens is 1. The molecule has 0 aliphatic carbocycles. The minimum Gasteiger partial charge on any atom is -0.415 e. The smallest absolute Gasteiger partial charge is 0.308 e. The Morgan fingerprint density at radius 3 is 2.38 bits per heavy atom. The molecule has 0 atom stereocenters. The first-order chi connectivity index (χ1) is 3.66. The predicted molar refractivity (Wildman–Crippen MR) is 31.4 cm³/mol. The van der Waals surface area contributed by atoms with Crippen molar-refractivity contribution in [3.05, 3.63) is 11.3 Å². The van der Waals surface area contributed by atoms with Crippen molar-refractivity contribution in [2.45, 2.75) is 13.8 Å². The molecule has 0 aliphatic rings. The molecule has 8 heavy (non-hydrogen) atoms. The highest BCUT2D eigenvalue weighted by atomic mass is 35.5. The first kappa shape index (κ1) is 7.50. The van der Waals surface area contributed by atoms with E-state index in [0.717, 1.165) is 0 Å². The van der Waals surface area contributed by atoms with Crippen molar-refractivity contribution in [2.24, 2.45) is 0 Å². The zero-order valence-electron chi connectivity index (χ0n) is 4.77. The van der Waals surface area contributed by atoms with Crippen LogP contribution < -0.4 is 0 Å². The van der Waals surface area contributed by atoms with Crippen LogP contribution in [0.4, 0.5) is 0 Å². The van der Waals surface area contributed by atoms with Gasteiger partial charge in [0.15, 0.2) is 5.22 Å². The highest BCUT2D eigenvalue weighted by Crippen LogP contribution is 2.01. The third kappa shape index (κ3) is 3.68. The summed E-state index contributed by atoms with van der Waals surface area (Å²) in [5, 5.41) is 0.123. The van der Waals surface area contributed by atoms with Crippen molar-refractivity contribution in [3.8, 4) is 0 Å². The lowest BCUT2D eigenvalue weighted by atomic mass is 10.7. The van der Waals surface area contributed by atoms with E-state index in [9.17, 15) is 4.79 Å². The number of esters is 1. The van der Waals surface area contributed by atoms with Gasteiger partial charge in [-0.15, -0.1) is 0 Å². The summed E-state index contributed by atoms with van der Waals surface area (Å²) in [5.74, 6) is -0.395. The molecule has 0 N–H and O–H groups in total. The second kappa shape index (κ2) is 3.50. The summed E-state index contributed by atoms with van der Waals surface area (Å²) in [6, 6.07) is 0. The molecule has 0 amide bonds. The second-order valence-electron chi connectivity index (χ2n) is 1.19. The minimum atomic E-state index is -0.395. The van der Waals surface area contributed by atoms with Gasteiger partial charge < -0.3 is 4.74 Å². The fourth-order valence-corrected chi connectivity index (χ4v) is 0.305. The molecule has 0 unspecified atom stereocenters. The quantitative estimate of drug-likeness (QED) is 0.403. The van der Waals surface area contributed by atoms with Gasteiger partial charge in [0.05, 0.1) is 0 Å². The molecule has 0 bridgehead atoms. The first-order valence-electron chi connectivity index (χ1n) is 2.17. The van der Waals surface area contributed by atoms with Crippen molar-refractivity contribution < 1.29 is 9.53 Å². The van der Waals surface area contributed by atoms with Crippen LogP contribution in [0.2, 0.25) is 0 Å². The average molecular weight is 135 g/mol. The van der Waals surface area contributed by atoms with E-state index in [1.165, 1.54) is 13.0 Å². The van der Waals surface area contributed by atoms with Gasteiger partial charge in [-0.1, -0.05) is 0 Å². The van der Waals surface area contributed by atoms with Gasteiger partial charge in [-0.2, -0.15) is 0 Å². The predicted octanol–water partition coefficient (Wildman–Crippen LogP) is 1.65. The third-order valence-corrected chi connectivity index (χ3v) is 0.764. The van der Waals surface area contributed by atoms with E-state index in [0.29, 0.717) is 0 Å². The lowest BCUT2D eigenvalue weighted by Crippen LogP contribution is -1.92. The van der Waals surface area contributed by atoms with E-state index in [1.807, 2.05) is 0 Å². The van der Waals surface area contributed by atoms with Gasteiger partial charge in [0.25, 0.3) is 0 Å². The molecule has 0 spiro atoms. The van der Waals surface area contributed by atoms with Gasteiger partial charge in [-0.05, 0) is 24.6 Å². The van der Waals surface area contributed by atoms with Crippen LogP contribution in [0, 0.1) is 0 Å². The SMILES string of the molecule is CC=C(Cl)OC(C)=O. The van der Waals surface area contributed by atoms with Gasteiger partial charge in [0.2, 0.25) is 0 Å². The highest BCUT2D eigenvalue weighted by molar-refractivity contribution is 6.28. The molecule has 0 saturated heterocycles. The Kier molecular flexibility index (Phi) is 3.28. The second-order valence-corrected chi connectivity index (χ2v) is 1.56. The molecule has 2 nitrogen and oxygen atoms in total. The Hall–Kier alpha value is -0.500. The summed E-state index contributed by atoms with van der Waals surface area (Å²) in [6.07, 6.45) is 1.50. The zero-order chi connectivity index (χ0) is 6.57. The number of carbonyl (C=O) groups is 1. The van der Waals surface area contributed by atoms with Gasteiger partial charge in [-0.3, -0.25) is 4.79 Å². The number of carbonyl (C=O) groups excluding carboxylic acids is 1. The summed E-state index contributed by atoms with van der Waals surface area (Å²) in [7, 11) is 0. The normalized spacial score (nSPS) is 11.1. The number of rotatable bonds is 1. The average Bonchev–Trinajstić information content (AvgIpc) is 1.65. The summed E-state index contributed by atoms with van der Waals surface area (Å²) in [4.78, 5) is 10.1. The fourth-order valence-electron chi connectivity index (χ4n) is 0.196. The molecule has 0 fully saturated rings. The van der Waals surface area contributed by atoms with Crippen molar-refractivity contribution in [1.29, 1.82) is 0 Å². The Morgan fingerprint density at radius 2 is 2.25 bits per heavy atom. The molecule has 0 heterocycles. The zero-order valence-corrected chi connectivity index (χ0v) is 5.53. The van der Waals surface area contributed by atoms with Crippen molar-refractivity contribution in [1.82, 2.24) is 0 Å². The third-order valence-electron chi connectivity index (χ3n) is 0.468. The molecule has 3 heteroatoms. The van der Waals surface area contributed by atoms with Gasteiger partial charge in [-0.25, -0.2) is 0 Å². The molecule has 0 rings (SSSR count). The highest BCUT2D eigenvalue weighted by Gasteiger charge is 1.92. The summed E-state index contributed by atoms with van der Waals surface area (Å²) in [5.41, 5.74) is 0. The summed E-state index contributed by atoms with van der Waals surface area (Å²) < 4.78 is 4.39. The van der Waals surface area contributed by atoms with Crippen LogP contribution in [-0.4, -0.2) is 5.97 Å². The fraction of sp³-hybridized carbons (Fsp3) is 0.400. The van der Waals surface area contributed by atoms with Crippen LogP contribution in [0.15, 0.2) is 11.3 Å². The molecule has 0 aromatic heterocycles. The van der Waals surface area contributed by atoms with Gasteiger partial charge in [0, 0.05) is 6.92 Å². The lowest BCUT2D eigenvalue weighted by Gasteiger charge is -1.93. The van der Waals surface area contributed by atoms with Crippen LogP contribution in [0.3, 0.4) is 0 Å². The molecular weight excluding hydrogens is 128 g/mol. The molecular formula is C5H7ClO2. The molecule has 0 aliphatic heterocycles. The first-order valence-corrected chi connectivity index (χ1v) is 2.55. The molecule has 46 valence electrons. The van der Waals surface area contributed by atoms with Crippen LogP contribution in [-0.2, 0) is 9.53 Å². The van der Waals surface area contributed by atoms with E-state index >= 15 is 0 Å². The largest absolute Gasteiger partial charge is 0.415 e. The lowest BCUT2D eigenvalue weighted by molar-refractivity contribution is -0.135. The van der Waals surface area contributed by atoms with Gasteiger partial charge >= 0.3 is 5.97 Å². The number of allylic oxidation sites excluding steroid dienone is 1. The standard InChI is InChI=1S/C5H7ClO2/c1-3-5(6)8-4(2)7/h3H,1-2H3. The molecule has 0 radical (unpaired) electrons. The van der Waals surface area contributed by atoms with Crippen LogP contribution in [0.5, 0.6) is 0 Å². The Labute approximate surface area is 53.1 Å². The minimum absolute atomic E-state index is 0.123. The Bertz CT molecular complexity index is 118. The Morgan fingerprint density at radius 1 is 1.75 bits per heavy atom. The maximum absolute atomic E-state index is 10.1. The van der Waals surface area contributed by atoms with Crippen molar-refractivity contribution in [3.63, 3.8) is 0 Å². The van der Waals surface area contributed by atoms with Crippen molar-refractivity contribution in [2.75, 3.05) is 0 Å². The van der Waals surface area contributed by atoms with Crippen LogP contribution in [0.25, 0.3) is 0 Å². The monoisotopic (exact) mass is 134 g/mol. The van der Waals surface area contributed by atoms with E-state index in [2.05, 4.69) is 4.74 Å². The number of hydrogen-bond acceptors (Lipinski definition) is 2. The van der Waals surface area contributed by atoms with Crippen LogP contribution >= 0.6 is 11.6 Å². The van der Waals surface area contributed by atoms with Crippen molar-refractivity contribution >= 4 is 17.6 Å². The number of hydrogen-bond donors (Lipinski definition) is 0. The summed E-state index contributed by atoms with van der Waals surface area (Å²) >= 11 is 5.28. The van der Waals surface area contributed by atoms with E-state index in [4.69, 9.17) is 11.6 Å². The molecule has 0 saturated carbocycles. The molecule has 0 aromatic rings. The maximum Gasteiger partial charge on any atom is 0.308 e. The topological polar surface area (TPSA) is 26.3 Å². The molecule has 0 aromatic carbocycles. The van der Waals surface area contributed by atoms with Gasteiger partial charge in [0.1, 0.15) is 0 Å². The number of ether oxygens (including phenoxy) is 1. The summed E-state index contributed by atoms with van der Waals surface area (Å²) in [6.45, 7) is 2.98.